The fraction of sp³-hybridized carbons (Fsp3) is 0.217. The van der Waals surface area contributed by atoms with Crippen LogP contribution in [0.15, 0.2) is 65.9 Å². The van der Waals surface area contributed by atoms with E-state index in [1.165, 1.54) is 6.07 Å². The first kappa shape index (κ1) is 18.9. The number of benzene rings is 2. The summed E-state index contributed by atoms with van der Waals surface area (Å²) in [6.45, 7) is 4.09. The molecule has 5 nitrogen and oxygen atoms in total. The molecule has 4 rings (SSSR count). The van der Waals surface area contributed by atoms with Crippen LogP contribution in [0.5, 0.6) is 0 Å². The van der Waals surface area contributed by atoms with Gasteiger partial charge in [-0.2, -0.15) is 0 Å². The number of aliphatic imine (C=N–C) groups is 1. The summed E-state index contributed by atoms with van der Waals surface area (Å²) in [7, 11) is 0. The maximum Gasteiger partial charge on any atom is 0.191 e. The van der Waals surface area contributed by atoms with E-state index in [2.05, 4.69) is 26.7 Å². The second-order valence-electron chi connectivity index (χ2n) is 6.86. The molecule has 3 N–H and O–H groups in total. The molecule has 148 valence electrons. The molecule has 0 fully saturated rings. The summed E-state index contributed by atoms with van der Waals surface area (Å²) in [4.78, 5) is 12.3. The van der Waals surface area contributed by atoms with E-state index in [0.29, 0.717) is 13.1 Å². The summed E-state index contributed by atoms with van der Waals surface area (Å²) in [5.41, 5.74) is 4.15. The van der Waals surface area contributed by atoms with Crippen LogP contribution in [0.4, 0.5) is 4.39 Å². The molecular formula is C23H24FN5. The molecule has 4 aromatic rings. The largest absolute Gasteiger partial charge is 0.361 e. The maximum absolute atomic E-state index is 13.6. The fourth-order valence-corrected chi connectivity index (χ4v) is 3.47. The zero-order chi connectivity index (χ0) is 20.1. The lowest BCUT2D eigenvalue weighted by molar-refractivity contribution is 0.629. The van der Waals surface area contributed by atoms with Crippen molar-refractivity contribution in [2.75, 3.05) is 13.1 Å². The molecule has 0 bridgehead atoms. The molecule has 0 aliphatic carbocycles. The van der Waals surface area contributed by atoms with Gasteiger partial charge in [0.1, 0.15) is 5.82 Å². The average Bonchev–Trinajstić information content (AvgIpc) is 3.14. The smallest absolute Gasteiger partial charge is 0.191 e. The second-order valence-corrected chi connectivity index (χ2v) is 6.86. The van der Waals surface area contributed by atoms with Gasteiger partial charge in [-0.1, -0.05) is 18.2 Å². The number of aromatic amines is 1. The number of pyridine rings is 1. The molecule has 2 aromatic carbocycles. The van der Waals surface area contributed by atoms with Gasteiger partial charge in [-0.3, -0.25) is 4.98 Å². The number of H-pyrrole nitrogens is 1. The van der Waals surface area contributed by atoms with Gasteiger partial charge in [-0.05, 0) is 54.8 Å². The summed E-state index contributed by atoms with van der Waals surface area (Å²) >= 11 is 0. The Labute approximate surface area is 169 Å². The van der Waals surface area contributed by atoms with Crippen molar-refractivity contribution in [1.82, 2.24) is 20.6 Å². The number of aromatic nitrogens is 2. The Bertz CT molecular complexity index is 1140. The highest BCUT2D eigenvalue weighted by Crippen LogP contribution is 2.20. The van der Waals surface area contributed by atoms with Crippen LogP contribution in [-0.2, 0) is 13.0 Å². The number of rotatable bonds is 6. The van der Waals surface area contributed by atoms with Crippen molar-refractivity contribution >= 4 is 27.8 Å². The van der Waals surface area contributed by atoms with Gasteiger partial charge < -0.3 is 15.6 Å². The van der Waals surface area contributed by atoms with Crippen LogP contribution in [0.3, 0.4) is 0 Å². The normalized spacial score (nSPS) is 11.9. The number of guanidine groups is 1. The SMILES string of the molecule is CCNC(=NCc1ccnc2ccccc12)NCCc1c[nH]c2ccc(F)cc12. The molecule has 0 radical (unpaired) electrons. The Morgan fingerprint density at radius 2 is 1.97 bits per heavy atom. The molecule has 0 aliphatic rings. The minimum Gasteiger partial charge on any atom is -0.361 e. The zero-order valence-electron chi connectivity index (χ0n) is 16.4. The topological polar surface area (TPSA) is 65.1 Å². The quantitative estimate of drug-likeness (QED) is 0.343. The third kappa shape index (κ3) is 4.37. The predicted octanol–water partition coefficient (Wildman–Crippen LogP) is 4.15. The lowest BCUT2D eigenvalue weighted by Gasteiger charge is -2.11. The van der Waals surface area contributed by atoms with E-state index in [-0.39, 0.29) is 5.82 Å². The Morgan fingerprint density at radius 1 is 1.07 bits per heavy atom. The maximum atomic E-state index is 13.6. The third-order valence-electron chi connectivity index (χ3n) is 4.91. The first-order valence-electron chi connectivity index (χ1n) is 9.85. The Morgan fingerprint density at radius 3 is 2.86 bits per heavy atom. The molecule has 0 atom stereocenters. The van der Waals surface area contributed by atoms with Crippen molar-refractivity contribution in [3.8, 4) is 0 Å². The van der Waals surface area contributed by atoms with Crippen LogP contribution in [-0.4, -0.2) is 29.0 Å². The molecule has 2 heterocycles. The standard InChI is InChI=1S/C23H24FN5/c1-2-25-23(29-15-16-9-11-26-21-6-4-3-5-19(16)21)27-12-10-17-14-28-22-8-7-18(24)13-20(17)22/h3-9,11,13-14,28H,2,10,12,15H2,1H3,(H2,25,27,29). The lowest BCUT2D eigenvalue weighted by atomic mass is 10.1. The number of nitrogens with one attached hydrogen (secondary N) is 3. The van der Waals surface area contributed by atoms with Gasteiger partial charge in [0.15, 0.2) is 5.96 Å². The summed E-state index contributed by atoms with van der Waals surface area (Å²) in [6, 6.07) is 14.9. The molecule has 0 saturated carbocycles. The van der Waals surface area contributed by atoms with Crippen LogP contribution in [0.1, 0.15) is 18.1 Å². The summed E-state index contributed by atoms with van der Waals surface area (Å²) in [6.07, 6.45) is 4.54. The molecular weight excluding hydrogens is 365 g/mol. The van der Waals surface area contributed by atoms with Crippen molar-refractivity contribution in [2.24, 2.45) is 4.99 Å². The number of halogens is 1. The highest BCUT2D eigenvalue weighted by atomic mass is 19.1. The van der Waals surface area contributed by atoms with Gasteiger partial charge >= 0.3 is 0 Å². The summed E-state index contributed by atoms with van der Waals surface area (Å²) in [5, 5.41) is 8.70. The number of hydrogen-bond acceptors (Lipinski definition) is 2. The Balaban J connectivity index is 1.44. The molecule has 0 spiro atoms. The van der Waals surface area contributed by atoms with E-state index in [4.69, 9.17) is 4.99 Å². The van der Waals surface area contributed by atoms with Gasteiger partial charge in [0, 0.05) is 41.8 Å². The van der Waals surface area contributed by atoms with E-state index in [9.17, 15) is 4.39 Å². The van der Waals surface area contributed by atoms with Crippen molar-refractivity contribution in [3.63, 3.8) is 0 Å². The monoisotopic (exact) mass is 389 g/mol. The average molecular weight is 389 g/mol. The fourth-order valence-electron chi connectivity index (χ4n) is 3.47. The van der Waals surface area contributed by atoms with Gasteiger partial charge in [-0.25, -0.2) is 9.38 Å². The number of fused-ring (bicyclic) bond motifs is 2. The number of para-hydroxylation sites is 1. The van der Waals surface area contributed by atoms with Crippen LogP contribution < -0.4 is 10.6 Å². The molecule has 0 saturated heterocycles. The first-order chi connectivity index (χ1) is 14.2. The molecule has 29 heavy (non-hydrogen) atoms. The lowest BCUT2D eigenvalue weighted by Crippen LogP contribution is -2.38. The summed E-state index contributed by atoms with van der Waals surface area (Å²) < 4.78 is 13.6. The van der Waals surface area contributed by atoms with Gasteiger partial charge in [0.05, 0.1) is 12.1 Å². The van der Waals surface area contributed by atoms with Crippen LogP contribution in [0.2, 0.25) is 0 Å². The molecule has 6 heteroatoms. The van der Waals surface area contributed by atoms with Crippen molar-refractivity contribution in [3.05, 3.63) is 77.9 Å². The minimum absolute atomic E-state index is 0.217. The molecule has 0 aliphatic heterocycles. The van der Waals surface area contributed by atoms with Crippen molar-refractivity contribution < 1.29 is 4.39 Å². The Hall–Kier alpha value is -3.41. The van der Waals surface area contributed by atoms with Crippen molar-refractivity contribution in [1.29, 1.82) is 0 Å². The summed E-state index contributed by atoms with van der Waals surface area (Å²) in [5.74, 6) is 0.546. The minimum atomic E-state index is -0.217. The van der Waals surface area contributed by atoms with Gasteiger partial charge in [-0.15, -0.1) is 0 Å². The second kappa shape index (κ2) is 8.73. The van der Waals surface area contributed by atoms with Gasteiger partial charge in [0.25, 0.3) is 0 Å². The molecule has 0 amide bonds. The van der Waals surface area contributed by atoms with Crippen LogP contribution in [0, 0.1) is 5.82 Å². The Kier molecular flexibility index (Phi) is 5.70. The molecule has 2 aromatic heterocycles. The highest BCUT2D eigenvalue weighted by Gasteiger charge is 2.06. The predicted molar refractivity (Wildman–Crippen MR) is 117 cm³/mol. The van der Waals surface area contributed by atoms with Gasteiger partial charge in [0.2, 0.25) is 0 Å². The highest BCUT2D eigenvalue weighted by molar-refractivity contribution is 5.84. The number of nitrogens with zero attached hydrogens (tertiary/aromatic N) is 2. The first-order valence-corrected chi connectivity index (χ1v) is 9.85. The molecule has 0 unspecified atom stereocenters. The van der Waals surface area contributed by atoms with Crippen molar-refractivity contribution in [2.45, 2.75) is 19.9 Å². The van der Waals surface area contributed by atoms with E-state index in [0.717, 1.165) is 51.9 Å². The van der Waals surface area contributed by atoms with E-state index >= 15 is 0 Å². The van der Waals surface area contributed by atoms with Crippen LogP contribution >= 0.6 is 0 Å². The van der Waals surface area contributed by atoms with Crippen LogP contribution in [0.25, 0.3) is 21.8 Å². The number of hydrogen-bond donors (Lipinski definition) is 3. The van der Waals surface area contributed by atoms with E-state index in [1.54, 1.807) is 12.1 Å². The third-order valence-corrected chi connectivity index (χ3v) is 4.91. The van der Waals surface area contributed by atoms with E-state index in [1.807, 2.05) is 43.6 Å². The zero-order valence-corrected chi connectivity index (χ0v) is 16.4. The van der Waals surface area contributed by atoms with E-state index < -0.39 is 0 Å².